The topological polar surface area (TPSA) is 105 Å². The molecule has 0 unspecified atom stereocenters. The zero-order chi connectivity index (χ0) is 20.3. The maximum atomic E-state index is 12.8. The van der Waals surface area contributed by atoms with Crippen molar-refractivity contribution in [1.82, 2.24) is 15.0 Å². The SMILES string of the molecule is CN(Cc1nc(-c2ccccc2Cl)no1)C(=O)c1ccccc1NS(C)(=O)=O. The van der Waals surface area contributed by atoms with E-state index in [-0.39, 0.29) is 23.7 Å². The quantitative estimate of drug-likeness (QED) is 0.657. The molecule has 146 valence electrons. The molecule has 0 saturated heterocycles. The number of carbonyl (C=O) groups is 1. The molecule has 0 aliphatic carbocycles. The molecule has 0 spiro atoms. The van der Waals surface area contributed by atoms with Crippen molar-refractivity contribution in [2.75, 3.05) is 18.0 Å². The Morgan fingerprint density at radius 3 is 2.57 bits per heavy atom. The third kappa shape index (κ3) is 4.68. The van der Waals surface area contributed by atoms with Crippen molar-refractivity contribution in [1.29, 1.82) is 0 Å². The summed E-state index contributed by atoms with van der Waals surface area (Å²) in [6, 6.07) is 13.4. The Kier molecular flexibility index (Phi) is 5.66. The van der Waals surface area contributed by atoms with Gasteiger partial charge in [0.15, 0.2) is 0 Å². The molecule has 10 heteroatoms. The lowest BCUT2D eigenvalue weighted by atomic mass is 10.1. The summed E-state index contributed by atoms with van der Waals surface area (Å²) >= 11 is 6.13. The summed E-state index contributed by atoms with van der Waals surface area (Å²) in [5.74, 6) is 0.143. The van der Waals surface area contributed by atoms with Crippen molar-refractivity contribution in [2.24, 2.45) is 0 Å². The van der Waals surface area contributed by atoms with Crippen LogP contribution in [-0.4, -0.2) is 42.7 Å². The number of rotatable bonds is 6. The second-order valence-electron chi connectivity index (χ2n) is 6.07. The molecule has 0 saturated carbocycles. The lowest BCUT2D eigenvalue weighted by molar-refractivity contribution is 0.0770. The van der Waals surface area contributed by atoms with E-state index in [1.807, 2.05) is 0 Å². The van der Waals surface area contributed by atoms with Crippen molar-refractivity contribution in [3.05, 3.63) is 65.0 Å². The number of sulfonamides is 1. The summed E-state index contributed by atoms with van der Waals surface area (Å²) in [5.41, 5.74) is 1.03. The van der Waals surface area contributed by atoms with E-state index < -0.39 is 15.9 Å². The van der Waals surface area contributed by atoms with Crippen LogP contribution in [0.1, 0.15) is 16.2 Å². The number of benzene rings is 2. The number of para-hydroxylation sites is 1. The van der Waals surface area contributed by atoms with Gasteiger partial charge in [-0.05, 0) is 24.3 Å². The molecule has 1 N–H and O–H groups in total. The number of amides is 1. The third-order valence-corrected chi connectivity index (χ3v) is 4.68. The number of carbonyl (C=O) groups excluding carboxylic acids is 1. The summed E-state index contributed by atoms with van der Waals surface area (Å²) in [6.07, 6.45) is 1.02. The second kappa shape index (κ2) is 7.99. The molecule has 8 nitrogen and oxygen atoms in total. The van der Waals surface area contributed by atoms with Crippen LogP contribution in [0.15, 0.2) is 53.1 Å². The number of anilines is 1. The average Bonchev–Trinajstić information content (AvgIpc) is 3.09. The van der Waals surface area contributed by atoms with Gasteiger partial charge in [0, 0.05) is 12.6 Å². The predicted octanol–water partition coefficient (Wildman–Crippen LogP) is 3.03. The summed E-state index contributed by atoms with van der Waals surface area (Å²) in [6.45, 7) is 0.0451. The second-order valence-corrected chi connectivity index (χ2v) is 8.23. The van der Waals surface area contributed by atoms with Crippen LogP contribution in [0.2, 0.25) is 5.02 Å². The van der Waals surface area contributed by atoms with Gasteiger partial charge in [0.25, 0.3) is 5.91 Å². The van der Waals surface area contributed by atoms with Crippen LogP contribution < -0.4 is 4.72 Å². The fraction of sp³-hybridized carbons (Fsp3) is 0.167. The molecule has 3 rings (SSSR count). The Morgan fingerprint density at radius 2 is 1.86 bits per heavy atom. The van der Waals surface area contributed by atoms with Gasteiger partial charge in [-0.2, -0.15) is 4.98 Å². The summed E-state index contributed by atoms with van der Waals surface area (Å²) in [4.78, 5) is 18.4. The molecule has 1 amide bonds. The van der Waals surface area contributed by atoms with Gasteiger partial charge in [-0.3, -0.25) is 9.52 Å². The minimum absolute atomic E-state index is 0.0451. The third-order valence-electron chi connectivity index (χ3n) is 3.75. The van der Waals surface area contributed by atoms with E-state index in [4.69, 9.17) is 16.1 Å². The molecular weight excluding hydrogens is 404 g/mol. The molecule has 0 atom stereocenters. The van der Waals surface area contributed by atoms with Crippen LogP contribution in [0, 0.1) is 0 Å². The lowest BCUT2D eigenvalue weighted by Crippen LogP contribution is -2.27. The highest BCUT2D eigenvalue weighted by Crippen LogP contribution is 2.25. The van der Waals surface area contributed by atoms with Gasteiger partial charge in [0.05, 0.1) is 29.1 Å². The first kappa shape index (κ1) is 19.8. The normalized spacial score (nSPS) is 11.2. The smallest absolute Gasteiger partial charge is 0.256 e. The minimum Gasteiger partial charge on any atom is -0.337 e. The first-order chi connectivity index (χ1) is 13.2. The van der Waals surface area contributed by atoms with Crippen LogP contribution in [-0.2, 0) is 16.6 Å². The fourth-order valence-corrected chi connectivity index (χ4v) is 3.31. The van der Waals surface area contributed by atoms with Crippen LogP contribution in [0.3, 0.4) is 0 Å². The van der Waals surface area contributed by atoms with Crippen LogP contribution in [0.4, 0.5) is 5.69 Å². The van der Waals surface area contributed by atoms with Crippen LogP contribution >= 0.6 is 11.6 Å². The zero-order valence-electron chi connectivity index (χ0n) is 15.1. The number of hydrogen-bond acceptors (Lipinski definition) is 6. The van der Waals surface area contributed by atoms with Gasteiger partial charge in [-0.15, -0.1) is 0 Å². The number of hydrogen-bond donors (Lipinski definition) is 1. The van der Waals surface area contributed by atoms with Gasteiger partial charge in [0.1, 0.15) is 0 Å². The molecule has 1 heterocycles. The van der Waals surface area contributed by atoms with E-state index >= 15 is 0 Å². The molecule has 0 aliphatic rings. The molecule has 0 bridgehead atoms. The Bertz CT molecular complexity index is 1110. The van der Waals surface area contributed by atoms with Gasteiger partial charge in [-0.1, -0.05) is 41.0 Å². The first-order valence-corrected chi connectivity index (χ1v) is 10.4. The van der Waals surface area contributed by atoms with E-state index in [1.165, 1.54) is 17.0 Å². The van der Waals surface area contributed by atoms with Crippen LogP contribution in [0.25, 0.3) is 11.4 Å². The molecule has 0 radical (unpaired) electrons. The molecule has 28 heavy (non-hydrogen) atoms. The monoisotopic (exact) mass is 420 g/mol. The summed E-state index contributed by atoms with van der Waals surface area (Å²) < 4.78 is 30.6. The Balaban J connectivity index is 1.78. The molecule has 1 aromatic heterocycles. The first-order valence-electron chi connectivity index (χ1n) is 8.14. The fourth-order valence-electron chi connectivity index (χ4n) is 2.51. The van der Waals surface area contributed by atoms with Gasteiger partial charge >= 0.3 is 0 Å². The lowest BCUT2D eigenvalue weighted by Gasteiger charge is -2.17. The largest absolute Gasteiger partial charge is 0.337 e. The molecular formula is C18H17ClN4O4S. The highest BCUT2D eigenvalue weighted by molar-refractivity contribution is 7.92. The van der Waals surface area contributed by atoms with E-state index in [1.54, 1.807) is 43.4 Å². The van der Waals surface area contributed by atoms with Crippen molar-refractivity contribution in [3.63, 3.8) is 0 Å². The number of nitrogens with one attached hydrogen (secondary N) is 1. The Labute approximate surface area is 167 Å². The highest BCUT2D eigenvalue weighted by atomic mass is 35.5. The van der Waals surface area contributed by atoms with Crippen molar-refractivity contribution in [2.45, 2.75) is 6.54 Å². The van der Waals surface area contributed by atoms with E-state index in [2.05, 4.69) is 14.9 Å². The minimum atomic E-state index is -3.52. The van der Waals surface area contributed by atoms with E-state index in [9.17, 15) is 13.2 Å². The summed E-state index contributed by atoms with van der Waals surface area (Å²) in [7, 11) is -1.97. The Morgan fingerprint density at radius 1 is 1.18 bits per heavy atom. The predicted molar refractivity (Wildman–Crippen MR) is 105 cm³/mol. The molecule has 0 fully saturated rings. The molecule has 0 aliphatic heterocycles. The van der Waals surface area contributed by atoms with Gasteiger partial charge in [-0.25, -0.2) is 8.42 Å². The van der Waals surface area contributed by atoms with Crippen LogP contribution in [0.5, 0.6) is 0 Å². The molecule has 2 aromatic carbocycles. The summed E-state index contributed by atoms with van der Waals surface area (Å²) in [5, 5.41) is 4.38. The van der Waals surface area contributed by atoms with Crippen molar-refractivity contribution < 1.29 is 17.7 Å². The number of halogens is 1. The van der Waals surface area contributed by atoms with Crippen molar-refractivity contribution >= 4 is 33.2 Å². The number of nitrogens with zero attached hydrogens (tertiary/aromatic N) is 3. The molecule has 3 aromatic rings. The van der Waals surface area contributed by atoms with E-state index in [0.717, 1.165) is 6.26 Å². The maximum Gasteiger partial charge on any atom is 0.256 e. The van der Waals surface area contributed by atoms with Crippen molar-refractivity contribution in [3.8, 4) is 11.4 Å². The Hall–Kier alpha value is -2.91. The number of aromatic nitrogens is 2. The van der Waals surface area contributed by atoms with Gasteiger partial charge in [0.2, 0.25) is 21.7 Å². The highest BCUT2D eigenvalue weighted by Gasteiger charge is 2.20. The van der Waals surface area contributed by atoms with E-state index in [0.29, 0.717) is 16.4 Å². The zero-order valence-corrected chi connectivity index (χ0v) is 16.7. The maximum absolute atomic E-state index is 12.8. The average molecular weight is 421 g/mol. The van der Waals surface area contributed by atoms with Gasteiger partial charge < -0.3 is 9.42 Å². The standard InChI is InChI=1S/C18H17ClN4O4S/c1-23(18(24)13-8-4-6-10-15(13)22-28(2,25)26)11-16-20-17(21-27-16)12-7-3-5-9-14(12)19/h3-10,22H,11H2,1-2H3.